The van der Waals surface area contributed by atoms with Crippen molar-refractivity contribution >= 4 is 45.2 Å². The van der Waals surface area contributed by atoms with E-state index in [4.69, 9.17) is 15.2 Å². The summed E-state index contributed by atoms with van der Waals surface area (Å²) in [7, 11) is 0. The van der Waals surface area contributed by atoms with Crippen LogP contribution in [0.15, 0.2) is 0 Å². The first-order valence-electron chi connectivity index (χ1n) is 10.7. The molecular weight excluding hydrogens is 432 g/mol. The molecule has 174 valence electrons. The highest BCUT2D eigenvalue weighted by molar-refractivity contribution is 7.20. The highest BCUT2D eigenvalue weighted by atomic mass is 32.1. The zero-order valence-corrected chi connectivity index (χ0v) is 20.0. The minimum Gasteiger partial charge on any atom is -0.462 e. The van der Waals surface area contributed by atoms with Gasteiger partial charge in [0.25, 0.3) is 0 Å². The number of nitrogens with two attached hydrogens (primary N) is 1. The molecule has 10 heteroatoms. The number of rotatable bonds is 5. The van der Waals surface area contributed by atoms with Crippen molar-refractivity contribution in [2.24, 2.45) is 11.3 Å². The number of nitrogen functional groups attached to an aromatic ring is 1. The van der Waals surface area contributed by atoms with Crippen LogP contribution in [0.4, 0.5) is 5.82 Å². The molecule has 0 unspecified atom stereocenters. The molecule has 0 saturated carbocycles. The Balaban J connectivity index is 1.63. The van der Waals surface area contributed by atoms with Gasteiger partial charge in [0.1, 0.15) is 15.5 Å². The maximum absolute atomic E-state index is 12.5. The van der Waals surface area contributed by atoms with Crippen LogP contribution in [0, 0.1) is 18.3 Å². The van der Waals surface area contributed by atoms with Crippen molar-refractivity contribution in [3.05, 3.63) is 16.3 Å². The molecule has 9 nitrogen and oxygen atoms in total. The van der Waals surface area contributed by atoms with Gasteiger partial charge in [0.15, 0.2) is 12.4 Å². The number of anilines is 1. The average molecular weight is 463 g/mol. The zero-order valence-electron chi connectivity index (χ0n) is 19.2. The molecule has 0 bridgehead atoms. The summed E-state index contributed by atoms with van der Waals surface area (Å²) >= 11 is 1.18. The third-order valence-electron chi connectivity index (χ3n) is 5.43. The number of thiophene rings is 1. The number of carbonyl (C=O) groups is 3. The van der Waals surface area contributed by atoms with Gasteiger partial charge in [0.05, 0.1) is 17.9 Å². The van der Waals surface area contributed by atoms with E-state index in [0.29, 0.717) is 46.6 Å². The molecule has 0 aromatic carbocycles. The first kappa shape index (κ1) is 23.9. The van der Waals surface area contributed by atoms with Crippen LogP contribution in [-0.2, 0) is 25.7 Å². The van der Waals surface area contributed by atoms with Gasteiger partial charge in [-0.25, -0.2) is 14.8 Å². The summed E-state index contributed by atoms with van der Waals surface area (Å²) < 4.78 is 10.5. The average Bonchev–Trinajstić information content (AvgIpc) is 3.08. The smallest absolute Gasteiger partial charge is 0.348 e. The van der Waals surface area contributed by atoms with Crippen LogP contribution in [0.1, 0.15) is 61.6 Å². The number of piperidine rings is 1. The molecule has 1 fully saturated rings. The number of amides is 1. The number of nitrogens with zero attached hydrogens (tertiary/aromatic N) is 3. The largest absolute Gasteiger partial charge is 0.462 e. The lowest BCUT2D eigenvalue weighted by atomic mass is 9.91. The van der Waals surface area contributed by atoms with Crippen molar-refractivity contribution in [3.8, 4) is 0 Å². The first-order valence-corrected chi connectivity index (χ1v) is 11.5. The van der Waals surface area contributed by atoms with Gasteiger partial charge in [-0.1, -0.05) is 20.8 Å². The van der Waals surface area contributed by atoms with Crippen LogP contribution >= 0.6 is 11.3 Å². The molecule has 2 aromatic heterocycles. The molecule has 0 radical (unpaired) electrons. The quantitative estimate of drug-likeness (QED) is 0.672. The Hall–Kier alpha value is -2.75. The Morgan fingerprint density at radius 1 is 1.16 bits per heavy atom. The first-order chi connectivity index (χ1) is 15.0. The standard InChI is InChI=1S/C22H30N4O5S/c1-6-30-20(28)16-12(2)15-17(23)24-14(25-18(15)32-16)11-31-19(27)13-7-9-26(10-8-13)21(29)22(3,4)5/h13H,6-11H2,1-5H3,(H2,23,24,25). The maximum atomic E-state index is 12.5. The van der Waals surface area contributed by atoms with Gasteiger partial charge in [-0.05, 0) is 32.3 Å². The second kappa shape index (κ2) is 9.40. The summed E-state index contributed by atoms with van der Waals surface area (Å²) in [6.45, 7) is 10.4. The van der Waals surface area contributed by atoms with Crippen LogP contribution in [0.5, 0.6) is 0 Å². The molecule has 1 amide bonds. The highest BCUT2D eigenvalue weighted by Crippen LogP contribution is 2.33. The van der Waals surface area contributed by atoms with E-state index in [0.717, 1.165) is 0 Å². The molecule has 2 aromatic rings. The second-order valence-corrected chi connectivity index (χ2v) is 9.91. The molecule has 3 heterocycles. The normalized spacial score (nSPS) is 15.1. The molecule has 0 spiro atoms. The van der Waals surface area contributed by atoms with Crippen molar-refractivity contribution in [1.82, 2.24) is 14.9 Å². The molecule has 1 aliphatic rings. The lowest BCUT2D eigenvalue weighted by molar-refractivity contribution is -0.154. The number of ether oxygens (including phenoxy) is 2. The van der Waals surface area contributed by atoms with E-state index in [1.54, 1.807) is 13.8 Å². The topological polar surface area (TPSA) is 125 Å². The summed E-state index contributed by atoms with van der Waals surface area (Å²) in [4.78, 5) is 48.6. The van der Waals surface area contributed by atoms with Crippen molar-refractivity contribution in [3.63, 3.8) is 0 Å². The van der Waals surface area contributed by atoms with Crippen molar-refractivity contribution in [2.45, 2.75) is 54.1 Å². The number of aromatic nitrogens is 2. The number of aryl methyl sites for hydroxylation is 1. The second-order valence-electron chi connectivity index (χ2n) is 8.91. The summed E-state index contributed by atoms with van der Waals surface area (Å²) in [6.07, 6.45) is 1.13. The molecule has 32 heavy (non-hydrogen) atoms. The van der Waals surface area contributed by atoms with Crippen LogP contribution in [0.3, 0.4) is 0 Å². The fourth-order valence-electron chi connectivity index (χ4n) is 3.72. The maximum Gasteiger partial charge on any atom is 0.348 e. The van der Waals surface area contributed by atoms with Crippen LogP contribution in [0.25, 0.3) is 10.2 Å². The van der Waals surface area contributed by atoms with E-state index in [1.807, 2.05) is 25.7 Å². The predicted molar refractivity (Wildman–Crippen MR) is 121 cm³/mol. The van der Waals surface area contributed by atoms with Crippen molar-refractivity contribution in [2.75, 3.05) is 25.4 Å². The van der Waals surface area contributed by atoms with Crippen LogP contribution < -0.4 is 5.73 Å². The van der Waals surface area contributed by atoms with E-state index in [-0.39, 0.29) is 42.7 Å². The molecule has 0 aliphatic carbocycles. The Kier molecular flexibility index (Phi) is 7.02. The van der Waals surface area contributed by atoms with E-state index < -0.39 is 11.4 Å². The Bertz CT molecular complexity index is 1040. The van der Waals surface area contributed by atoms with Gasteiger partial charge in [-0.3, -0.25) is 9.59 Å². The van der Waals surface area contributed by atoms with Crippen LogP contribution in [0.2, 0.25) is 0 Å². The number of carbonyl (C=O) groups excluding carboxylic acids is 3. The van der Waals surface area contributed by atoms with E-state index >= 15 is 0 Å². The van der Waals surface area contributed by atoms with E-state index in [9.17, 15) is 14.4 Å². The highest BCUT2D eigenvalue weighted by Gasteiger charge is 2.33. The lowest BCUT2D eigenvalue weighted by Crippen LogP contribution is -2.45. The van der Waals surface area contributed by atoms with Gasteiger partial charge >= 0.3 is 11.9 Å². The molecule has 2 N–H and O–H groups in total. The van der Waals surface area contributed by atoms with Gasteiger partial charge < -0.3 is 20.1 Å². The molecule has 3 rings (SSSR count). The van der Waals surface area contributed by atoms with Gasteiger partial charge in [0.2, 0.25) is 5.91 Å². The Labute approximate surface area is 191 Å². The lowest BCUT2D eigenvalue weighted by Gasteiger charge is -2.34. The van der Waals surface area contributed by atoms with Gasteiger partial charge in [-0.15, -0.1) is 11.3 Å². The Morgan fingerprint density at radius 2 is 1.81 bits per heavy atom. The monoisotopic (exact) mass is 462 g/mol. The van der Waals surface area contributed by atoms with Gasteiger partial charge in [0, 0.05) is 18.5 Å². The predicted octanol–water partition coefficient (Wildman–Crippen LogP) is 3.09. The number of hydrogen-bond acceptors (Lipinski definition) is 9. The molecular formula is C22H30N4O5S. The summed E-state index contributed by atoms with van der Waals surface area (Å²) in [5.41, 5.74) is 6.35. The fraction of sp³-hybridized carbons (Fsp3) is 0.591. The number of likely N-dealkylation sites (tertiary alicyclic amines) is 1. The minimum absolute atomic E-state index is 0.0925. The van der Waals surface area contributed by atoms with Crippen LogP contribution in [-0.4, -0.2) is 52.4 Å². The Morgan fingerprint density at radius 3 is 2.41 bits per heavy atom. The van der Waals surface area contributed by atoms with Crippen molar-refractivity contribution in [1.29, 1.82) is 0 Å². The third kappa shape index (κ3) is 5.01. The summed E-state index contributed by atoms with van der Waals surface area (Å²) in [5, 5.41) is 0.615. The number of fused-ring (bicyclic) bond motifs is 1. The number of hydrogen-bond donors (Lipinski definition) is 1. The van der Waals surface area contributed by atoms with Gasteiger partial charge in [-0.2, -0.15) is 0 Å². The molecule has 1 aliphatic heterocycles. The van der Waals surface area contributed by atoms with Crippen molar-refractivity contribution < 1.29 is 23.9 Å². The summed E-state index contributed by atoms with van der Waals surface area (Å²) in [5.74, 6) is -0.407. The molecule has 0 atom stereocenters. The summed E-state index contributed by atoms with van der Waals surface area (Å²) in [6, 6.07) is 0. The number of esters is 2. The SMILES string of the molecule is CCOC(=O)c1sc2nc(COC(=O)C3CCN(C(=O)C(C)(C)C)CC3)nc(N)c2c1C. The minimum atomic E-state index is -0.434. The van der Waals surface area contributed by atoms with E-state index in [2.05, 4.69) is 9.97 Å². The third-order valence-corrected chi connectivity index (χ3v) is 6.59. The zero-order chi connectivity index (χ0) is 23.6. The van der Waals surface area contributed by atoms with E-state index in [1.165, 1.54) is 11.3 Å². The molecule has 1 saturated heterocycles. The fourth-order valence-corrected chi connectivity index (χ4v) is 4.82.